The number of rotatable bonds is 6. The molecule has 1 aromatic rings. The molecule has 0 atom stereocenters. The van der Waals surface area contributed by atoms with Gasteiger partial charge in [0.1, 0.15) is 5.82 Å². The largest absolute Gasteiger partial charge is 0.394 e. The fourth-order valence-corrected chi connectivity index (χ4v) is 2.35. The highest BCUT2D eigenvalue weighted by atomic mass is 16.5. The van der Waals surface area contributed by atoms with Gasteiger partial charge in [-0.1, -0.05) is 0 Å². The number of aromatic nitrogens is 3. The Labute approximate surface area is 125 Å². The first-order chi connectivity index (χ1) is 10.1. The van der Waals surface area contributed by atoms with E-state index in [9.17, 15) is 0 Å². The minimum atomic E-state index is 0.0810. The summed E-state index contributed by atoms with van der Waals surface area (Å²) < 4.78 is 5.56. The number of nitrogens with zero attached hydrogens (tertiary/aromatic N) is 5. The molecule has 0 spiro atoms. The van der Waals surface area contributed by atoms with Crippen molar-refractivity contribution in [3.63, 3.8) is 0 Å². The third kappa shape index (κ3) is 4.76. The van der Waals surface area contributed by atoms with Crippen molar-refractivity contribution in [1.82, 2.24) is 19.9 Å². The highest BCUT2D eigenvalue weighted by molar-refractivity contribution is 5.32. The second kappa shape index (κ2) is 7.48. The van der Waals surface area contributed by atoms with Crippen LogP contribution in [0.4, 0.5) is 11.9 Å². The number of ether oxygens (including phenoxy) is 1. The number of likely N-dealkylation sites (tertiary alicyclic amines) is 1. The monoisotopic (exact) mass is 296 g/mol. The lowest BCUT2D eigenvalue weighted by atomic mass is 10.1. The highest BCUT2D eigenvalue weighted by Crippen LogP contribution is 2.16. The molecular weight excluding hydrogens is 272 g/mol. The highest BCUT2D eigenvalue weighted by Gasteiger charge is 2.20. The molecule has 8 heteroatoms. The number of anilines is 2. The van der Waals surface area contributed by atoms with Gasteiger partial charge in [0.2, 0.25) is 11.9 Å². The standard InChI is InChI=1S/C13H24N6O2/c1-18(2)13-16-11(15-12(14)17-13)9-19-5-3-10(4-6-19)21-8-7-20/h10,20H,3-9H2,1-2H3,(H2,14,15,16,17). The topological polar surface area (TPSA) is 101 Å². The van der Waals surface area contributed by atoms with Crippen molar-refractivity contribution in [2.75, 3.05) is 51.0 Å². The third-order valence-electron chi connectivity index (χ3n) is 3.43. The summed E-state index contributed by atoms with van der Waals surface area (Å²) in [6.07, 6.45) is 2.16. The van der Waals surface area contributed by atoms with E-state index in [1.165, 1.54) is 0 Å². The lowest BCUT2D eigenvalue weighted by molar-refractivity contribution is -0.00938. The Morgan fingerprint density at radius 1 is 1.29 bits per heavy atom. The summed E-state index contributed by atoms with van der Waals surface area (Å²) >= 11 is 0. The van der Waals surface area contributed by atoms with Crippen LogP contribution in [0.2, 0.25) is 0 Å². The molecule has 0 aromatic carbocycles. The molecule has 0 amide bonds. The molecule has 1 aliphatic rings. The van der Waals surface area contributed by atoms with Crippen molar-refractivity contribution in [1.29, 1.82) is 0 Å². The van der Waals surface area contributed by atoms with Crippen LogP contribution >= 0.6 is 0 Å². The molecule has 118 valence electrons. The number of hydrogen-bond donors (Lipinski definition) is 2. The second-order valence-electron chi connectivity index (χ2n) is 5.37. The fourth-order valence-electron chi connectivity index (χ4n) is 2.35. The minimum absolute atomic E-state index is 0.0810. The summed E-state index contributed by atoms with van der Waals surface area (Å²) in [6.45, 7) is 3.02. The van der Waals surface area contributed by atoms with E-state index < -0.39 is 0 Å². The summed E-state index contributed by atoms with van der Waals surface area (Å²) in [4.78, 5) is 16.8. The van der Waals surface area contributed by atoms with Crippen molar-refractivity contribution < 1.29 is 9.84 Å². The van der Waals surface area contributed by atoms with Crippen LogP contribution in [0, 0.1) is 0 Å². The SMILES string of the molecule is CN(C)c1nc(N)nc(CN2CCC(OCCO)CC2)n1. The van der Waals surface area contributed by atoms with Crippen molar-refractivity contribution in [2.45, 2.75) is 25.5 Å². The maximum absolute atomic E-state index is 8.77. The van der Waals surface area contributed by atoms with Crippen LogP contribution in [0.5, 0.6) is 0 Å². The van der Waals surface area contributed by atoms with E-state index in [2.05, 4.69) is 19.9 Å². The molecule has 21 heavy (non-hydrogen) atoms. The summed E-state index contributed by atoms with van der Waals surface area (Å²) in [5.41, 5.74) is 5.73. The molecular formula is C13H24N6O2. The summed E-state index contributed by atoms with van der Waals surface area (Å²) in [5, 5.41) is 8.77. The summed E-state index contributed by atoms with van der Waals surface area (Å²) in [6, 6.07) is 0. The lowest BCUT2D eigenvalue weighted by Gasteiger charge is -2.31. The Kier molecular flexibility index (Phi) is 5.66. The smallest absolute Gasteiger partial charge is 0.229 e. The molecule has 1 aliphatic heterocycles. The first kappa shape index (κ1) is 15.9. The molecule has 0 radical (unpaired) electrons. The summed E-state index contributed by atoms with van der Waals surface area (Å²) in [7, 11) is 3.76. The van der Waals surface area contributed by atoms with Crippen LogP contribution in [-0.2, 0) is 11.3 Å². The number of aliphatic hydroxyl groups excluding tert-OH is 1. The van der Waals surface area contributed by atoms with E-state index >= 15 is 0 Å². The zero-order chi connectivity index (χ0) is 15.2. The summed E-state index contributed by atoms with van der Waals surface area (Å²) in [5.74, 6) is 1.53. The van der Waals surface area contributed by atoms with E-state index in [4.69, 9.17) is 15.6 Å². The third-order valence-corrected chi connectivity index (χ3v) is 3.43. The average molecular weight is 296 g/mol. The Hall–Kier alpha value is -1.51. The van der Waals surface area contributed by atoms with E-state index in [0.717, 1.165) is 25.9 Å². The van der Waals surface area contributed by atoms with Crippen LogP contribution in [-0.4, -0.2) is 71.5 Å². The number of nitrogens with two attached hydrogens (primary N) is 1. The second-order valence-corrected chi connectivity index (χ2v) is 5.37. The van der Waals surface area contributed by atoms with E-state index in [0.29, 0.717) is 24.9 Å². The van der Waals surface area contributed by atoms with Gasteiger partial charge in [-0.2, -0.15) is 15.0 Å². The van der Waals surface area contributed by atoms with Gasteiger partial charge in [-0.25, -0.2) is 0 Å². The van der Waals surface area contributed by atoms with Crippen LogP contribution in [0.25, 0.3) is 0 Å². The Morgan fingerprint density at radius 3 is 2.62 bits per heavy atom. The van der Waals surface area contributed by atoms with Crippen LogP contribution in [0.3, 0.4) is 0 Å². The quantitative estimate of drug-likeness (QED) is 0.724. The maximum atomic E-state index is 8.77. The van der Waals surface area contributed by atoms with Crippen molar-refractivity contribution >= 4 is 11.9 Å². The molecule has 0 aliphatic carbocycles. The van der Waals surface area contributed by atoms with Gasteiger partial charge in [0, 0.05) is 27.2 Å². The lowest BCUT2D eigenvalue weighted by Crippen LogP contribution is -2.37. The van der Waals surface area contributed by atoms with E-state index in [1.807, 2.05) is 19.0 Å². The molecule has 0 saturated carbocycles. The van der Waals surface area contributed by atoms with E-state index in [-0.39, 0.29) is 18.7 Å². The van der Waals surface area contributed by atoms with Crippen LogP contribution in [0.15, 0.2) is 0 Å². The number of hydrogen-bond acceptors (Lipinski definition) is 8. The number of nitrogen functional groups attached to an aromatic ring is 1. The van der Waals surface area contributed by atoms with Gasteiger partial charge in [0.25, 0.3) is 0 Å². The zero-order valence-corrected chi connectivity index (χ0v) is 12.7. The predicted octanol–water partition coefficient (Wildman–Crippen LogP) is -0.507. The van der Waals surface area contributed by atoms with Crippen molar-refractivity contribution in [2.24, 2.45) is 0 Å². The molecule has 3 N–H and O–H groups in total. The molecule has 2 heterocycles. The number of piperidine rings is 1. The fraction of sp³-hybridized carbons (Fsp3) is 0.769. The van der Waals surface area contributed by atoms with Gasteiger partial charge in [-0.15, -0.1) is 0 Å². The first-order valence-corrected chi connectivity index (χ1v) is 7.21. The molecule has 1 fully saturated rings. The molecule has 0 unspecified atom stereocenters. The molecule has 2 rings (SSSR count). The Balaban J connectivity index is 1.88. The van der Waals surface area contributed by atoms with E-state index in [1.54, 1.807) is 0 Å². The Bertz CT molecular complexity index is 448. The van der Waals surface area contributed by atoms with Gasteiger partial charge < -0.3 is 20.5 Å². The number of aliphatic hydroxyl groups is 1. The van der Waals surface area contributed by atoms with Crippen LogP contribution in [0.1, 0.15) is 18.7 Å². The van der Waals surface area contributed by atoms with Gasteiger partial charge in [0.05, 0.1) is 25.9 Å². The molecule has 8 nitrogen and oxygen atoms in total. The predicted molar refractivity (Wildman–Crippen MR) is 79.9 cm³/mol. The van der Waals surface area contributed by atoms with Crippen LogP contribution < -0.4 is 10.6 Å². The molecule has 0 bridgehead atoms. The molecule has 1 saturated heterocycles. The average Bonchev–Trinajstić information content (AvgIpc) is 2.46. The van der Waals surface area contributed by atoms with Crippen molar-refractivity contribution in [3.05, 3.63) is 5.82 Å². The first-order valence-electron chi connectivity index (χ1n) is 7.21. The normalized spacial score (nSPS) is 17.1. The van der Waals surface area contributed by atoms with Gasteiger partial charge >= 0.3 is 0 Å². The molecule has 1 aromatic heterocycles. The minimum Gasteiger partial charge on any atom is -0.394 e. The van der Waals surface area contributed by atoms with Gasteiger partial charge in [0.15, 0.2) is 0 Å². The van der Waals surface area contributed by atoms with Gasteiger partial charge in [-0.05, 0) is 12.8 Å². The van der Waals surface area contributed by atoms with Crippen molar-refractivity contribution in [3.8, 4) is 0 Å². The Morgan fingerprint density at radius 2 is 2.00 bits per heavy atom. The van der Waals surface area contributed by atoms with Gasteiger partial charge in [-0.3, -0.25) is 4.90 Å². The maximum Gasteiger partial charge on any atom is 0.229 e. The zero-order valence-electron chi connectivity index (χ0n) is 12.7.